The fraction of sp³-hybridized carbons (Fsp3) is 0.292. The first kappa shape index (κ1) is 19.9. The fourth-order valence-corrected chi connectivity index (χ4v) is 3.87. The maximum absolute atomic E-state index is 12.7. The lowest BCUT2D eigenvalue weighted by atomic mass is 9.97. The van der Waals surface area contributed by atoms with Crippen molar-refractivity contribution in [1.82, 2.24) is 15.3 Å². The van der Waals surface area contributed by atoms with E-state index in [1.54, 1.807) is 4.90 Å². The van der Waals surface area contributed by atoms with Crippen LogP contribution in [0.3, 0.4) is 0 Å². The van der Waals surface area contributed by atoms with E-state index in [0.717, 1.165) is 34.9 Å². The van der Waals surface area contributed by atoms with Gasteiger partial charge in [0.15, 0.2) is 0 Å². The maximum Gasteiger partial charge on any atom is 0.243 e. The number of aromatic nitrogens is 1. The quantitative estimate of drug-likeness (QED) is 0.641. The Balaban J connectivity index is 1.35. The van der Waals surface area contributed by atoms with Gasteiger partial charge in [0.25, 0.3) is 0 Å². The molecular formula is C24H26N4O2. The number of para-hydroxylation sites is 1. The van der Waals surface area contributed by atoms with E-state index in [4.69, 9.17) is 0 Å². The van der Waals surface area contributed by atoms with Crippen LogP contribution in [0.15, 0.2) is 60.7 Å². The van der Waals surface area contributed by atoms with E-state index in [2.05, 4.69) is 15.8 Å². The predicted molar refractivity (Wildman–Crippen MR) is 118 cm³/mol. The Morgan fingerprint density at radius 1 is 1.10 bits per heavy atom. The van der Waals surface area contributed by atoms with Gasteiger partial charge < -0.3 is 4.90 Å². The highest BCUT2D eigenvalue weighted by atomic mass is 16.2. The molecule has 3 aromatic rings. The van der Waals surface area contributed by atoms with Gasteiger partial charge in [-0.1, -0.05) is 48.5 Å². The van der Waals surface area contributed by atoms with Crippen molar-refractivity contribution >= 4 is 28.5 Å². The van der Waals surface area contributed by atoms with E-state index in [-0.39, 0.29) is 17.7 Å². The fourth-order valence-electron chi connectivity index (χ4n) is 3.87. The number of piperidine rings is 1. The van der Waals surface area contributed by atoms with Crippen LogP contribution in [-0.4, -0.2) is 34.8 Å². The highest BCUT2D eigenvalue weighted by Crippen LogP contribution is 2.20. The number of aryl methyl sites for hydroxylation is 1. The van der Waals surface area contributed by atoms with Crippen LogP contribution < -0.4 is 10.9 Å². The largest absolute Gasteiger partial charge is 0.342 e. The average molecular weight is 402 g/mol. The van der Waals surface area contributed by atoms with Crippen molar-refractivity contribution in [2.75, 3.05) is 18.5 Å². The van der Waals surface area contributed by atoms with Gasteiger partial charge in [0.2, 0.25) is 11.8 Å². The lowest BCUT2D eigenvalue weighted by Gasteiger charge is -2.32. The lowest BCUT2D eigenvalue weighted by molar-refractivity contribution is -0.135. The van der Waals surface area contributed by atoms with Gasteiger partial charge in [-0.25, -0.2) is 4.98 Å². The molecule has 0 saturated carbocycles. The number of amides is 2. The van der Waals surface area contributed by atoms with Crippen LogP contribution in [-0.2, 0) is 16.0 Å². The van der Waals surface area contributed by atoms with Crippen molar-refractivity contribution in [3.8, 4) is 0 Å². The molecular weight excluding hydrogens is 376 g/mol. The first-order valence-electron chi connectivity index (χ1n) is 10.3. The molecule has 1 fully saturated rings. The van der Waals surface area contributed by atoms with E-state index in [1.165, 1.54) is 0 Å². The number of hydrogen-bond donors (Lipinski definition) is 2. The Hall–Kier alpha value is -3.41. The van der Waals surface area contributed by atoms with Crippen molar-refractivity contribution < 1.29 is 9.59 Å². The molecule has 2 heterocycles. The summed E-state index contributed by atoms with van der Waals surface area (Å²) in [5.74, 6) is 0.363. The third kappa shape index (κ3) is 4.59. The minimum absolute atomic E-state index is 0.0682. The van der Waals surface area contributed by atoms with Crippen LogP contribution in [0, 0.1) is 12.8 Å². The second kappa shape index (κ2) is 8.95. The molecule has 1 aliphatic rings. The number of carbonyl (C=O) groups is 2. The minimum Gasteiger partial charge on any atom is -0.342 e. The number of pyridine rings is 1. The van der Waals surface area contributed by atoms with Crippen LogP contribution in [0.4, 0.5) is 5.82 Å². The summed E-state index contributed by atoms with van der Waals surface area (Å²) >= 11 is 0. The van der Waals surface area contributed by atoms with Gasteiger partial charge in [-0.05, 0) is 43.0 Å². The molecule has 1 atom stereocenters. The molecule has 0 radical (unpaired) electrons. The molecule has 1 aliphatic heterocycles. The summed E-state index contributed by atoms with van der Waals surface area (Å²) in [5, 5.41) is 1.06. The van der Waals surface area contributed by atoms with E-state index in [1.807, 2.05) is 67.6 Å². The molecule has 6 nitrogen and oxygen atoms in total. The van der Waals surface area contributed by atoms with Gasteiger partial charge in [0.05, 0.1) is 17.9 Å². The third-order valence-corrected chi connectivity index (χ3v) is 5.56. The monoisotopic (exact) mass is 402 g/mol. The number of carbonyl (C=O) groups excluding carboxylic acids is 2. The topological polar surface area (TPSA) is 74.3 Å². The summed E-state index contributed by atoms with van der Waals surface area (Å²) in [4.78, 5) is 31.8. The zero-order valence-electron chi connectivity index (χ0n) is 17.1. The Morgan fingerprint density at radius 3 is 2.70 bits per heavy atom. The van der Waals surface area contributed by atoms with Gasteiger partial charge in [0, 0.05) is 18.5 Å². The lowest BCUT2D eigenvalue weighted by Crippen LogP contribution is -2.47. The summed E-state index contributed by atoms with van der Waals surface area (Å²) in [6, 6.07) is 19.6. The summed E-state index contributed by atoms with van der Waals surface area (Å²) in [6.07, 6.45) is 1.96. The number of nitrogens with one attached hydrogen (secondary N) is 2. The van der Waals surface area contributed by atoms with Crippen LogP contribution >= 0.6 is 0 Å². The zero-order chi connectivity index (χ0) is 20.9. The molecule has 2 aromatic carbocycles. The number of hydrazine groups is 1. The molecule has 0 bridgehead atoms. The molecule has 30 heavy (non-hydrogen) atoms. The smallest absolute Gasteiger partial charge is 0.243 e. The second-order valence-corrected chi connectivity index (χ2v) is 7.80. The Bertz CT molecular complexity index is 1050. The first-order valence-corrected chi connectivity index (χ1v) is 10.3. The second-order valence-electron chi connectivity index (χ2n) is 7.80. The molecule has 2 amide bonds. The number of hydrogen-bond acceptors (Lipinski definition) is 4. The van der Waals surface area contributed by atoms with Gasteiger partial charge in [-0.15, -0.1) is 0 Å². The first-order chi connectivity index (χ1) is 14.6. The predicted octanol–water partition coefficient (Wildman–Crippen LogP) is 3.47. The van der Waals surface area contributed by atoms with E-state index in [0.29, 0.717) is 25.3 Å². The van der Waals surface area contributed by atoms with Crippen molar-refractivity contribution in [2.45, 2.75) is 26.2 Å². The summed E-state index contributed by atoms with van der Waals surface area (Å²) in [7, 11) is 0. The Labute approximate surface area is 176 Å². The van der Waals surface area contributed by atoms with E-state index >= 15 is 0 Å². The molecule has 0 spiro atoms. The maximum atomic E-state index is 12.7. The highest BCUT2D eigenvalue weighted by molar-refractivity contribution is 5.84. The highest BCUT2D eigenvalue weighted by Gasteiger charge is 2.28. The molecule has 1 aromatic heterocycles. The van der Waals surface area contributed by atoms with Gasteiger partial charge in [0.1, 0.15) is 5.82 Å². The van der Waals surface area contributed by atoms with Crippen molar-refractivity contribution in [3.05, 3.63) is 71.8 Å². The molecule has 2 N–H and O–H groups in total. The standard InChI is InChI=1S/C24H26N4O2/c1-17-14-19-10-5-6-12-21(19)25-23(17)26-27-24(30)20-11-7-13-28(16-20)22(29)15-18-8-3-2-4-9-18/h2-6,8-10,12,14,20H,7,11,13,15-16H2,1H3,(H,25,26)(H,27,30). The third-order valence-electron chi connectivity index (χ3n) is 5.56. The van der Waals surface area contributed by atoms with Crippen molar-refractivity contribution in [2.24, 2.45) is 5.92 Å². The van der Waals surface area contributed by atoms with Crippen LogP contribution in [0.1, 0.15) is 24.0 Å². The Morgan fingerprint density at radius 2 is 1.87 bits per heavy atom. The molecule has 0 aliphatic carbocycles. The number of nitrogens with zero attached hydrogens (tertiary/aromatic N) is 2. The van der Waals surface area contributed by atoms with Gasteiger partial charge in [-0.2, -0.15) is 0 Å². The van der Waals surface area contributed by atoms with Gasteiger partial charge >= 0.3 is 0 Å². The number of rotatable bonds is 5. The molecule has 4 rings (SSSR count). The molecule has 154 valence electrons. The normalized spacial score (nSPS) is 16.3. The minimum atomic E-state index is -0.230. The van der Waals surface area contributed by atoms with Gasteiger partial charge in [-0.3, -0.25) is 20.4 Å². The van der Waals surface area contributed by atoms with E-state index in [9.17, 15) is 9.59 Å². The zero-order valence-corrected chi connectivity index (χ0v) is 17.1. The summed E-state index contributed by atoms with van der Waals surface area (Å²) in [6.45, 7) is 3.11. The number of likely N-dealkylation sites (tertiary alicyclic amines) is 1. The van der Waals surface area contributed by atoms with E-state index < -0.39 is 0 Å². The molecule has 1 unspecified atom stereocenters. The molecule has 6 heteroatoms. The summed E-state index contributed by atoms with van der Waals surface area (Å²) in [5.41, 5.74) is 8.59. The van der Waals surface area contributed by atoms with Crippen LogP contribution in [0.25, 0.3) is 10.9 Å². The van der Waals surface area contributed by atoms with Crippen LogP contribution in [0.5, 0.6) is 0 Å². The SMILES string of the molecule is Cc1cc2ccccc2nc1NNC(=O)C1CCCN(C(=O)Cc2ccccc2)C1. The summed E-state index contributed by atoms with van der Waals surface area (Å²) < 4.78 is 0. The van der Waals surface area contributed by atoms with Crippen LogP contribution in [0.2, 0.25) is 0 Å². The van der Waals surface area contributed by atoms with Crippen molar-refractivity contribution in [3.63, 3.8) is 0 Å². The number of anilines is 1. The van der Waals surface area contributed by atoms with Crippen molar-refractivity contribution in [1.29, 1.82) is 0 Å². The Kier molecular flexibility index (Phi) is 5.93. The average Bonchev–Trinajstić information content (AvgIpc) is 2.78. The molecule has 1 saturated heterocycles. The number of fused-ring (bicyclic) bond motifs is 1. The number of benzene rings is 2.